The zero-order valence-electron chi connectivity index (χ0n) is 10.4. The fourth-order valence-electron chi connectivity index (χ4n) is 1.49. The van der Waals surface area contributed by atoms with E-state index in [0.29, 0.717) is 24.5 Å². The van der Waals surface area contributed by atoms with E-state index in [2.05, 4.69) is 15.0 Å². The predicted octanol–water partition coefficient (Wildman–Crippen LogP) is -0.383. The van der Waals surface area contributed by atoms with Gasteiger partial charge in [0, 0.05) is 18.8 Å². The summed E-state index contributed by atoms with van der Waals surface area (Å²) in [5.41, 5.74) is 5.89. The highest BCUT2D eigenvalue weighted by molar-refractivity contribution is 7.89. The Morgan fingerprint density at radius 3 is 2.95 bits per heavy atom. The van der Waals surface area contributed by atoms with Gasteiger partial charge in [-0.25, -0.2) is 13.1 Å². The first kappa shape index (κ1) is 13.7. The van der Waals surface area contributed by atoms with Crippen molar-refractivity contribution in [2.24, 2.45) is 5.73 Å². The second-order valence-corrected chi connectivity index (χ2v) is 5.75. The van der Waals surface area contributed by atoms with E-state index in [1.54, 1.807) is 13.0 Å². The van der Waals surface area contributed by atoms with E-state index in [1.807, 2.05) is 0 Å². The second kappa shape index (κ2) is 5.51. The number of hydrogen-bond acceptors (Lipinski definition) is 6. The van der Waals surface area contributed by atoms with Crippen molar-refractivity contribution >= 4 is 10.0 Å². The van der Waals surface area contributed by atoms with Crippen LogP contribution in [0.3, 0.4) is 0 Å². The van der Waals surface area contributed by atoms with Crippen LogP contribution in [-0.4, -0.2) is 29.9 Å². The summed E-state index contributed by atoms with van der Waals surface area (Å²) < 4.78 is 32.7. The maximum absolute atomic E-state index is 12.0. The number of rotatable bonds is 6. The molecule has 9 heteroatoms. The molecule has 0 bridgehead atoms. The van der Waals surface area contributed by atoms with Gasteiger partial charge in [0.2, 0.25) is 10.0 Å². The van der Waals surface area contributed by atoms with Gasteiger partial charge in [0.15, 0.2) is 0 Å². The smallest absolute Gasteiger partial charge is 0.244 e. The number of nitrogens with one attached hydrogen (secondary N) is 1. The van der Waals surface area contributed by atoms with Crippen molar-refractivity contribution in [2.45, 2.75) is 24.9 Å². The van der Waals surface area contributed by atoms with E-state index in [1.165, 1.54) is 17.1 Å². The molecular weight excluding hydrogens is 270 g/mol. The van der Waals surface area contributed by atoms with Crippen molar-refractivity contribution < 1.29 is 12.9 Å². The number of aryl methyl sites for hydroxylation is 1. The molecule has 0 atom stereocenters. The van der Waals surface area contributed by atoms with Gasteiger partial charge in [-0.15, -0.1) is 0 Å². The zero-order chi connectivity index (χ0) is 13.9. The van der Waals surface area contributed by atoms with Gasteiger partial charge in [0.1, 0.15) is 10.7 Å². The molecule has 2 aromatic heterocycles. The van der Waals surface area contributed by atoms with Crippen molar-refractivity contribution in [1.29, 1.82) is 0 Å². The Morgan fingerprint density at radius 2 is 2.32 bits per heavy atom. The van der Waals surface area contributed by atoms with Crippen LogP contribution in [0.4, 0.5) is 0 Å². The molecule has 2 aromatic rings. The highest BCUT2D eigenvalue weighted by Gasteiger charge is 2.16. The molecule has 0 amide bonds. The quantitative estimate of drug-likeness (QED) is 0.747. The van der Waals surface area contributed by atoms with Crippen molar-refractivity contribution in [3.8, 4) is 0 Å². The monoisotopic (exact) mass is 285 g/mol. The van der Waals surface area contributed by atoms with Crippen molar-refractivity contribution in [3.63, 3.8) is 0 Å². The van der Waals surface area contributed by atoms with Crippen LogP contribution < -0.4 is 10.5 Å². The lowest BCUT2D eigenvalue weighted by atomic mass is 10.4. The number of aromatic nitrogens is 3. The third-order valence-electron chi connectivity index (χ3n) is 2.40. The second-order valence-electron chi connectivity index (χ2n) is 3.98. The predicted molar refractivity (Wildman–Crippen MR) is 66.5 cm³/mol. The van der Waals surface area contributed by atoms with E-state index in [0.717, 1.165) is 0 Å². The fourth-order valence-corrected chi connectivity index (χ4v) is 2.44. The molecule has 3 N–H and O–H groups in total. The standard InChI is InChI=1S/C10H15N5O3S/c1-8-4-9(14-18-8)5-13-19(16,17)10-6-12-15(7-10)3-2-11/h4,6-7,13H,2-3,5,11H2,1H3. The molecular formula is C10H15N5O3S. The van der Waals surface area contributed by atoms with Gasteiger partial charge in [0.05, 0.1) is 25.0 Å². The molecule has 0 aromatic carbocycles. The highest BCUT2D eigenvalue weighted by Crippen LogP contribution is 2.08. The molecule has 0 saturated heterocycles. The van der Waals surface area contributed by atoms with Gasteiger partial charge >= 0.3 is 0 Å². The van der Waals surface area contributed by atoms with Crippen LogP contribution >= 0.6 is 0 Å². The van der Waals surface area contributed by atoms with Crippen LogP contribution in [0.1, 0.15) is 11.5 Å². The minimum atomic E-state index is -3.60. The Hall–Kier alpha value is -1.71. The average molecular weight is 285 g/mol. The molecule has 0 aliphatic rings. The Morgan fingerprint density at radius 1 is 1.53 bits per heavy atom. The van der Waals surface area contributed by atoms with Gasteiger partial charge in [-0.2, -0.15) is 5.10 Å². The Bertz CT molecular complexity index is 646. The summed E-state index contributed by atoms with van der Waals surface area (Å²) in [5, 5.41) is 7.62. The molecule has 0 unspecified atom stereocenters. The average Bonchev–Trinajstić information content (AvgIpc) is 2.97. The molecule has 0 aliphatic carbocycles. The van der Waals surface area contributed by atoms with Gasteiger partial charge in [0.25, 0.3) is 0 Å². The first-order valence-electron chi connectivity index (χ1n) is 5.65. The minimum Gasteiger partial charge on any atom is -0.361 e. The maximum Gasteiger partial charge on any atom is 0.244 e. The first-order valence-corrected chi connectivity index (χ1v) is 7.14. The summed E-state index contributed by atoms with van der Waals surface area (Å²) in [6.45, 7) is 2.68. The number of sulfonamides is 1. The van der Waals surface area contributed by atoms with E-state index in [-0.39, 0.29) is 11.4 Å². The third-order valence-corrected chi connectivity index (χ3v) is 3.75. The Kier molecular flexibility index (Phi) is 3.98. The van der Waals surface area contributed by atoms with Crippen LogP contribution in [0.5, 0.6) is 0 Å². The van der Waals surface area contributed by atoms with Gasteiger partial charge < -0.3 is 10.3 Å². The van der Waals surface area contributed by atoms with Gasteiger partial charge in [-0.1, -0.05) is 5.16 Å². The van der Waals surface area contributed by atoms with Crippen LogP contribution in [0, 0.1) is 6.92 Å². The SMILES string of the molecule is Cc1cc(CNS(=O)(=O)c2cnn(CCN)c2)no1. The lowest BCUT2D eigenvalue weighted by Crippen LogP contribution is -2.23. The minimum absolute atomic E-state index is 0.0712. The lowest BCUT2D eigenvalue weighted by Gasteiger charge is -2.01. The van der Waals surface area contributed by atoms with Crippen LogP contribution in [0.25, 0.3) is 0 Å². The molecule has 0 radical (unpaired) electrons. The van der Waals surface area contributed by atoms with Crippen molar-refractivity contribution in [3.05, 3.63) is 29.9 Å². The summed E-state index contributed by atoms with van der Waals surface area (Å²) in [4.78, 5) is 0.0983. The van der Waals surface area contributed by atoms with Crippen molar-refractivity contribution in [2.75, 3.05) is 6.54 Å². The van der Waals surface area contributed by atoms with E-state index in [9.17, 15) is 8.42 Å². The maximum atomic E-state index is 12.0. The van der Waals surface area contributed by atoms with Gasteiger partial charge in [-0.05, 0) is 6.92 Å². The molecule has 19 heavy (non-hydrogen) atoms. The Labute approximate surface area is 110 Å². The first-order chi connectivity index (χ1) is 9.01. The summed E-state index contributed by atoms with van der Waals surface area (Å²) in [6, 6.07) is 1.67. The summed E-state index contributed by atoms with van der Waals surface area (Å²) in [5.74, 6) is 0.630. The molecule has 8 nitrogen and oxygen atoms in total. The molecule has 0 saturated carbocycles. The molecule has 2 heterocycles. The number of nitrogens with two attached hydrogens (primary N) is 1. The molecule has 104 valence electrons. The van der Waals surface area contributed by atoms with E-state index >= 15 is 0 Å². The van der Waals surface area contributed by atoms with E-state index in [4.69, 9.17) is 10.3 Å². The van der Waals surface area contributed by atoms with Crippen molar-refractivity contribution in [1.82, 2.24) is 19.7 Å². The topological polar surface area (TPSA) is 116 Å². The normalized spacial score (nSPS) is 11.9. The van der Waals surface area contributed by atoms with E-state index < -0.39 is 10.0 Å². The number of hydrogen-bond donors (Lipinski definition) is 2. The molecule has 0 fully saturated rings. The van der Waals surface area contributed by atoms with Crippen LogP contribution in [0.15, 0.2) is 27.9 Å². The molecule has 2 rings (SSSR count). The third kappa shape index (κ3) is 3.40. The highest BCUT2D eigenvalue weighted by atomic mass is 32.2. The summed E-state index contributed by atoms with van der Waals surface area (Å²) in [7, 11) is -3.60. The summed E-state index contributed by atoms with van der Waals surface area (Å²) in [6.07, 6.45) is 2.72. The fraction of sp³-hybridized carbons (Fsp3) is 0.400. The summed E-state index contributed by atoms with van der Waals surface area (Å²) >= 11 is 0. The zero-order valence-corrected chi connectivity index (χ0v) is 11.2. The number of nitrogens with zero attached hydrogens (tertiary/aromatic N) is 3. The van der Waals surface area contributed by atoms with Crippen LogP contribution in [-0.2, 0) is 23.1 Å². The van der Waals surface area contributed by atoms with Gasteiger partial charge in [-0.3, -0.25) is 4.68 Å². The lowest BCUT2D eigenvalue weighted by molar-refractivity contribution is 0.390. The Balaban J connectivity index is 2.04. The molecule has 0 spiro atoms. The van der Waals surface area contributed by atoms with Crippen LogP contribution in [0.2, 0.25) is 0 Å². The largest absolute Gasteiger partial charge is 0.361 e. The molecule has 0 aliphatic heterocycles.